The standard InChI is InChI=1S/C16H26ClNO2/c1-6-11(3)8-12(7-2)18-14-9-13(17)15(19-4)10-16(14)20-5/h9-12,18H,6-8H2,1-5H3. The molecule has 0 saturated carbocycles. The van der Waals surface area contributed by atoms with E-state index in [-0.39, 0.29) is 0 Å². The van der Waals surface area contributed by atoms with Gasteiger partial charge >= 0.3 is 0 Å². The SMILES string of the molecule is CCC(C)CC(CC)Nc1cc(Cl)c(OC)cc1OC. The molecule has 2 atom stereocenters. The summed E-state index contributed by atoms with van der Waals surface area (Å²) in [6.07, 6.45) is 3.40. The number of hydrogen-bond acceptors (Lipinski definition) is 3. The highest BCUT2D eigenvalue weighted by atomic mass is 35.5. The molecule has 3 nitrogen and oxygen atoms in total. The van der Waals surface area contributed by atoms with Gasteiger partial charge in [0.05, 0.1) is 24.9 Å². The van der Waals surface area contributed by atoms with Gasteiger partial charge in [-0.1, -0.05) is 38.8 Å². The molecule has 0 aromatic heterocycles. The summed E-state index contributed by atoms with van der Waals surface area (Å²) in [6.45, 7) is 6.70. The van der Waals surface area contributed by atoms with Crippen molar-refractivity contribution < 1.29 is 9.47 Å². The van der Waals surface area contributed by atoms with Crippen LogP contribution in [0.25, 0.3) is 0 Å². The van der Waals surface area contributed by atoms with Crippen LogP contribution in [0.1, 0.15) is 40.0 Å². The lowest BCUT2D eigenvalue weighted by molar-refractivity contribution is 0.394. The molecule has 1 aromatic rings. The average Bonchev–Trinajstić information content (AvgIpc) is 2.46. The molecule has 4 heteroatoms. The summed E-state index contributed by atoms with van der Waals surface area (Å²) < 4.78 is 10.6. The highest BCUT2D eigenvalue weighted by Gasteiger charge is 2.15. The lowest BCUT2D eigenvalue weighted by Gasteiger charge is -2.23. The van der Waals surface area contributed by atoms with Crippen molar-refractivity contribution in [1.82, 2.24) is 0 Å². The van der Waals surface area contributed by atoms with Gasteiger partial charge in [-0.15, -0.1) is 0 Å². The fourth-order valence-corrected chi connectivity index (χ4v) is 2.41. The molecular weight excluding hydrogens is 274 g/mol. The van der Waals surface area contributed by atoms with Crippen molar-refractivity contribution in [2.45, 2.75) is 46.1 Å². The van der Waals surface area contributed by atoms with Crippen LogP contribution in [0.5, 0.6) is 11.5 Å². The van der Waals surface area contributed by atoms with Gasteiger partial charge < -0.3 is 14.8 Å². The van der Waals surface area contributed by atoms with Crippen LogP contribution < -0.4 is 14.8 Å². The van der Waals surface area contributed by atoms with E-state index in [1.165, 1.54) is 6.42 Å². The highest BCUT2D eigenvalue weighted by Crippen LogP contribution is 2.36. The van der Waals surface area contributed by atoms with E-state index in [2.05, 4.69) is 26.1 Å². The topological polar surface area (TPSA) is 30.5 Å². The Morgan fingerprint density at radius 3 is 2.25 bits per heavy atom. The highest BCUT2D eigenvalue weighted by molar-refractivity contribution is 6.32. The maximum atomic E-state index is 6.20. The average molecular weight is 300 g/mol. The molecule has 0 saturated heterocycles. The minimum atomic E-state index is 0.420. The maximum absolute atomic E-state index is 6.20. The van der Waals surface area contributed by atoms with Crippen LogP contribution in [0.4, 0.5) is 5.69 Å². The third kappa shape index (κ3) is 4.48. The quantitative estimate of drug-likeness (QED) is 0.734. The van der Waals surface area contributed by atoms with E-state index < -0.39 is 0 Å². The van der Waals surface area contributed by atoms with Crippen molar-refractivity contribution in [2.24, 2.45) is 5.92 Å². The monoisotopic (exact) mass is 299 g/mol. The van der Waals surface area contributed by atoms with E-state index >= 15 is 0 Å². The predicted octanol–water partition coefficient (Wildman–Crippen LogP) is 4.98. The Bertz CT molecular complexity index is 423. The van der Waals surface area contributed by atoms with Crippen LogP contribution >= 0.6 is 11.6 Å². The van der Waals surface area contributed by atoms with Gasteiger partial charge in [0, 0.05) is 12.1 Å². The second kappa shape index (κ2) is 8.25. The summed E-state index contributed by atoms with van der Waals surface area (Å²) in [5.74, 6) is 2.09. The zero-order valence-corrected chi connectivity index (χ0v) is 13.9. The zero-order valence-electron chi connectivity index (χ0n) is 13.1. The predicted molar refractivity (Wildman–Crippen MR) is 86.3 cm³/mol. The van der Waals surface area contributed by atoms with E-state index in [1.807, 2.05) is 12.1 Å². The normalized spacial score (nSPS) is 13.7. The van der Waals surface area contributed by atoms with Gasteiger partial charge in [0.15, 0.2) is 0 Å². The largest absolute Gasteiger partial charge is 0.495 e. The third-order valence-electron chi connectivity index (χ3n) is 3.71. The summed E-state index contributed by atoms with van der Waals surface area (Å²) in [4.78, 5) is 0. The summed E-state index contributed by atoms with van der Waals surface area (Å²) in [6, 6.07) is 4.11. The smallest absolute Gasteiger partial charge is 0.145 e. The van der Waals surface area contributed by atoms with Crippen LogP contribution in [-0.2, 0) is 0 Å². The number of anilines is 1. The minimum Gasteiger partial charge on any atom is -0.495 e. The lowest BCUT2D eigenvalue weighted by Crippen LogP contribution is -2.21. The van der Waals surface area contributed by atoms with E-state index in [4.69, 9.17) is 21.1 Å². The maximum Gasteiger partial charge on any atom is 0.145 e. The summed E-state index contributed by atoms with van der Waals surface area (Å²) in [5, 5.41) is 4.13. The van der Waals surface area contributed by atoms with Crippen molar-refractivity contribution >= 4 is 17.3 Å². The molecule has 2 unspecified atom stereocenters. The van der Waals surface area contributed by atoms with Gasteiger partial charge in [0.1, 0.15) is 11.5 Å². The summed E-state index contributed by atoms with van der Waals surface area (Å²) in [5.41, 5.74) is 0.924. The first-order valence-corrected chi connectivity index (χ1v) is 7.61. The molecule has 0 heterocycles. The molecule has 114 valence electrons. The van der Waals surface area contributed by atoms with Gasteiger partial charge in [-0.25, -0.2) is 0 Å². The molecule has 0 aliphatic rings. The molecule has 1 rings (SSSR count). The second-order valence-electron chi connectivity index (χ2n) is 5.19. The number of benzene rings is 1. The van der Waals surface area contributed by atoms with Crippen LogP contribution in [0, 0.1) is 5.92 Å². The lowest BCUT2D eigenvalue weighted by atomic mass is 9.97. The number of halogens is 1. The van der Waals surface area contributed by atoms with Crippen LogP contribution in [0.15, 0.2) is 12.1 Å². The molecule has 0 fully saturated rings. The molecule has 0 aliphatic heterocycles. The molecule has 0 amide bonds. The fraction of sp³-hybridized carbons (Fsp3) is 0.625. The first-order chi connectivity index (χ1) is 9.55. The van der Waals surface area contributed by atoms with Crippen molar-refractivity contribution in [3.05, 3.63) is 17.2 Å². The number of nitrogens with one attached hydrogen (secondary N) is 1. The van der Waals surface area contributed by atoms with E-state index in [1.54, 1.807) is 14.2 Å². The number of rotatable bonds is 8. The third-order valence-corrected chi connectivity index (χ3v) is 4.01. The molecule has 0 aliphatic carbocycles. The Labute approximate surface area is 127 Å². The Hall–Kier alpha value is -1.09. The minimum absolute atomic E-state index is 0.420. The van der Waals surface area contributed by atoms with Crippen molar-refractivity contribution in [3.8, 4) is 11.5 Å². The summed E-state index contributed by atoms with van der Waals surface area (Å²) >= 11 is 6.20. The number of hydrogen-bond donors (Lipinski definition) is 1. The Kier molecular flexibility index (Phi) is 7.00. The Morgan fingerprint density at radius 2 is 1.75 bits per heavy atom. The Morgan fingerprint density at radius 1 is 1.10 bits per heavy atom. The second-order valence-corrected chi connectivity index (χ2v) is 5.59. The van der Waals surface area contributed by atoms with Crippen LogP contribution in [-0.4, -0.2) is 20.3 Å². The molecule has 0 spiro atoms. The van der Waals surface area contributed by atoms with Gasteiger partial charge in [0.2, 0.25) is 0 Å². The van der Waals surface area contributed by atoms with Gasteiger partial charge in [0.25, 0.3) is 0 Å². The van der Waals surface area contributed by atoms with Gasteiger partial charge in [-0.2, -0.15) is 0 Å². The first-order valence-electron chi connectivity index (χ1n) is 7.23. The number of ether oxygens (including phenoxy) is 2. The molecule has 20 heavy (non-hydrogen) atoms. The van der Waals surface area contributed by atoms with Crippen molar-refractivity contribution in [2.75, 3.05) is 19.5 Å². The van der Waals surface area contributed by atoms with E-state index in [0.717, 1.165) is 24.3 Å². The van der Waals surface area contributed by atoms with Crippen molar-refractivity contribution in [3.63, 3.8) is 0 Å². The fourth-order valence-electron chi connectivity index (χ4n) is 2.17. The molecule has 0 radical (unpaired) electrons. The molecule has 1 N–H and O–H groups in total. The van der Waals surface area contributed by atoms with Crippen LogP contribution in [0.3, 0.4) is 0 Å². The van der Waals surface area contributed by atoms with E-state index in [0.29, 0.717) is 22.7 Å². The van der Waals surface area contributed by atoms with Gasteiger partial charge in [-0.05, 0) is 24.8 Å². The Balaban J connectivity index is 2.91. The van der Waals surface area contributed by atoms with Crippen LogP contribution in [0.2, 0.25) is 5.02 Å². The van der Waals surface area contributed by atoms with Crippen molar-refractivity contribution in [1.29, 1.82) is 0 Å². The van der Waals surface area contributed by atoms with E-state index in [9.17, 15) is 0 Å². The first kappa shape index (κ1) is 17.0. The molecule has 0 bridgehead atoms. The number of methoxy groups -OCH3 is 2. The molecule has 1 aromatic carbocycles. The summed E-state index contributed by atoms with van der Waals surface area (Å²) in [7, 11) is 3.26. The zero-order chi connectivity index (χ0) is 15.1. The molecular formula is C16H26ClNO2. The van der Waals surface area contributed by atoms with Gasteiger partial charge in [-0.3, -0.25) is 0 Å².